The van der Waals surface area contributed by atoms with Gasteiger partial charge in [-0.2, -0.15) is 4.31 Å². The van der Waals surface area contributed by atoms with E-state index in [9.17, 15) is 18.0 Å². The molecular weight excluding hydrogens is 474 g/mol. The number of carbonyl (C=O) groups excluding carboxylic acids is 2. The van der Waals surface area contributed by atoms with E-state index in [2.05, 4.69) is 15.3 Å². The van der Waals surface area contributed by atoms with Gasteiger partial charge in [0, 0.05) is 19.4 Å². The maximum atomic E-state index is 12.6. The molecule has 3 N–H and O–H groups in total. The third-order valence-corrected chi connectivity index (χ3v) is 6.68. The van der Waals surface area contributed by atoms with Crippen LogP contribution in [0.5, 0.6) is 5.75 Å². The molecule has 35 heavy (non-hydrogen) atoms. The highest BCUT2D eigenvalue weighted by molar-refractivity contribution is 7.89. The van der Waals surface area contributed by atoms with Gasteiger partial charge in [0.25, 0.3) is 0 Å². The topological polar surface area (TPSA) is 154 Å². The van der Waals surface area contributed by atoms with Gasteiger partial charge in [0.05, 0.1) is 29.6 Å². The van der Waals surface area contributed by atoms with Crippen LogP contribution in [-0.4, -0.2) is 61.0 Å². The minimum atomic E-state index is -3.90. The number of sulfonamides is 1. The number of rotatable bonds is 11. The third-order valence-electron chi connectivity index (χ3n) is 4.78. The summed E-state index contributed by atoms with van der Waals surface area (Å²) >= 11 is 0. The molecule has 11 nitrogen and oxygen atoms in total. The van der Waals surface area contributed by atoms with E-state index < -0.39 is 34.5 Å². The van der Waals surface area contributed by atoms with Crippen molar-refractivity contribution >= 4 is 27.9 Å². The van der Waals surface area contributed by atoms with Gasteiger partial charge in [-0.25, -0.2) is 23.2 Å². The van der Waals surface area contributed by atoms with Crippen LogP contribution in [0.2, 0.25) is 0 Å². The molecule has 0 bridgehead atoms. The molecule has 1 heterocycles. The molecule has 2 aromatic carbocycles. The van der Waals surface area contributed by atoms with Gasteiger partial charge in [0.2, 0.25) is 16.0 Å². The molecule has 0 aliphatic carbocycles. The molecule has 0 spiro atoms. The molecule has 0 amide bonds. The zero-order valence-corrected chi connectivity index (χ0v) is 19.7. The van der Waals surface area contributed by atoms with Crippen LogP contribution in [0, 0.1) is 0 Å². The first-order chi connectivity index (χ1) is 16.8. The van der Waals surface area contributed by atoms with Gasteiger partial charge in [-0.1, -0.05) is 18.2 Å². The third kappa shape index (κ3) is 7.30. The summed E-state index contributed by atoms with van der Waals surface area (Å²) in [4.78, 5) is 32.6. The molecule has 0 aliphatic rings. The lowest BCUT2D eigenvalue weighted by Gasteiger charge is -2.23. The molecule has 0 radical (unpaired) electrons. The molecular formula is C23H25N5O6S. The molecule has 0 unspecified atom stereocenters. The predicted molar refractivity (Wildman–Crippen MR) is 127 cm³/mol. The van der Waals surface area contributed by atoms with Crippen LogP contribution in [0.4, 0.5) is 5.95 Å². The van der Waals surface area contributed by atoms with E-state index in [4.69, 9.17) is 15.2 Å². The Bertz CT molecular complexity index is 1220. The molecule has 0 saturated carbocycles. The summed E-state index contributed by atoms with van der Waals surface area (Å²) < 4.78 is 36.5. The van der Waals surface area contributed by atoms with E-state index in [1.54, 1.807) is 48.8 Å². The number of nitrogens with two attached hydrogens (primary N) is 1. The number of ether oxygens (including phenoxy) is 2. The normalized spacial score (nSPS) is 12.1. The van der Waals surface area contributed by atoms with Gasteiger partial charge < -0.3 is 20.5 Å². The van der Waals surface area contributed by atoms with E-state index in [1.165, 1.54) is 31.3 Å². The minimum Gasteiger partial charge on any atom is -0.492 e. The number of benzene rings is 2. The monoisotopic (exact) mass is 499 g/mol. The Morgan fingerprint density at radius 2 is 1.69 bits per heavy atom. The summed E-state index contributed by atoms with van der Waals surface area (Å²) in [6.07, 6.45) is 1.52. The quantitative estimate of drug-likeness (QED) is 0.172. The Morgan fingerprint density at radius 1 is 1.03 bits per heavy atom. The van der Waals surface area contributed by atoms with Crippen molar-refractivity contribution in [2.45, 2.75) is 17.5 Å². The van der Waals surface area contributed by atoms with Crippen LogP contribution in [0.1, 0.15) is 16.8 Å². The van der Waals surface area contributed by atoms with Crippen LogP contribution >= 0.6 is 0 Å². The molecule has 0 aliphatic heterocycles. The molecule has 12 heteroatoms. The summed E-state index contributed by atoms with van der Waals surface area (Å²) in [5.74, 6) is -0.835. The molecule has 0 fully saturated rings. The Balaban J connectivity index is 1.46. The second kappa shape index (κ2) is 12.0. The lowest BCUT2D eigenvalue weighted by molar-refractivity contribution is -0.138. The first-order valence-corrected chi connectivity index (χ1v) is 12.0. The summed E-state index contributed by atoms with van der Waals surface area (Å²) in [6.45, 7) is 0.800. The van der Waals surface area contributed by atoms with Crippen molar-refractivity contribution in [3.63, 3.8) is 0 Å². The molecule has 3 aromatic rings. The first-order valence-electron chi connectivity index (χ1n) is 10.5. The van der Waals surface area contributed by atoms with Crippen LogP contribution in [-0.2, 0) is 19.6 Å². The highest BCUT2D eigenvalue weighted by Gasteiger charge is 2.28. The van der Waals surface area contributed by atoms with E-state index in [1.807, 2.05) is 0 Å². The van der Waals surface area contributed by atoms with Gasteiger partial charge in [0.1, 0.15) is 12.4 Å². The fourth-order valence-corrected chi connectivity index (χ4v) is 4.11. The van der Waals surface area contributed by atoms with Crippen LogP contribution in [0.15, 0.2) is 78.0 Å². The second-order valence-electron chi connectivity index (χ2n) is 7.24. The number of carbonyl (C=O) groups is 2. The van der Waals surface area contributed by atoms with Crippen molar-refractivity contribution in [1.29, 1.82) is 0 Å². The standard InChI is InChI=1S/C23H25N5O6S/c1-28(35(31,32)19-6-3-2-4-7-19)20(24)16-21(29)34-22(30)17-8-10-18(11-9-17)33-15-14-27-23-25-12-5-13-26-23/h2-13,20H,14-16,24H2,1H3,(H,25,26,27)/t20-/m0/s1. The number of hydrogen-bond donors (Lipinski definition) is 2. The van der Waals surface area contributed by atoms with Crippen LogP contribution < -0.4 is 15.8 Å². The van der Waals surface area contributed by atoms with Gasteiger partial charge in [-0.15, -0.1) is 0 Å². The van der Waals surface area contributed by atoms with Gasteiger partial charge in [0.15, 0.2) is 0 Å². The SMILES string of the molecule is CN([C@H](N)CC(=O)OC(=O)c1ccc(OCCNc2ncccn2)cc1)S(=O)(=O)c1ccccc1. The smallest absolute Gasteiger partial charge is 0.345 e. The van der Waals surface area contributed by atoms with Gasteiger partial charge in [-0.3, -0.25) is 4.79 Å². The fraction of sp³-hybridized carbons (Fsp3) is 0.217. The molecule has 1 aromatic heterocycles. The number of nitrogens with one attached hydrogen (secondary N) is 1. The van der Waals surface area contributed by atoms with Crippen molar-refractivity contribution in [2.75, 3.05) is 25.5 Å². The van der Waals surface area contributed by atoms with Crippen molar-refractivity contribution < 1.29 is 27.5 Å². The summed E-state index contributed by atoms with van der Waals surface area (Å²) in [5, 5.41) is 3.00. The molecule has 1 atom stereocenters. The molecule has 0 saturated heterocycles. The number of esters is 2. The first kappa shape index (κ1) is 25.7. The Kier molecular flexibility index (Phi) is 8.84. The van der Waals surface area contributed by atoms with E-state index >= 15 is 0 Å². The largest absolute Gasteiger partial charge is 0.492 e. The predicted octanol–water partition coefficient (Wildman–Crippen LogP) is 1.65. The zero-order chi connectivity index (χ0) is 25.3. The van der Waals surface area contributed by atoms with Crippen molar-refractivity contribution in [3.05, 3.63) is 78.6 Å². The lowest BCUT2D eigenvalue weighted by atomic mass is 10.2. The summed E-state index contributed by atoms with van der Waals surface area (Å²) in [6, 6.07) is 15.4. The van der Waals surface area contributed by atoms with E-state index in [-0.39, 0.29) is 10.5 Å². The molecule has 184 valence electrons. The minimum absolute atomic E-state index is 0.0360. The van der Waals surface area contributed by atoms with Crippen LogP contribution in [0.25, 0.3) is 0 Å². The number of nitrogens with zero attached hydrogens (tertiary/aromatic N) is 3. The van der Waals surface area contributed by atoms with Crippen molar-refractivity contribution in [3.8, 4) is 5.75 Å². The highest BCUT2D eigenvalue weighted by atomic mass is 32.2. The van der Waals surface area contributed by atoms with Crippen molar-refractivity contribution in [1.82, 2.24) is 14.3 Å². The number of hydrogen-bond acceptors (Lipinski definition) is 10. The molecule has 3 rings (SSSR count). The van der Waals surface area contributed by atoms with E-state index in [0.29, 0.717) is 24.8 Å². The summed E-state index contributed by atoms with van der Waals surface area (Å²) in [7, 11) is -2.65. The summed E-state index contributed by atoms with van der Waals surface area (Å²) in [5.41, 5.74) is 6.00. The van der Waals surface area contributed by atoms with Crippen molar-refractivity contribution in [2.24, 2.45) is 5.73 Å². The maximum Gasteiger partial charge on any atom is 0.345 e. The van der Waals surface area contributed by atoms with Gasteiger partial charge in [-0.05, 0) is 42.5 Å². The average molecular weight is 500 g/mol. The fourth-order valence-electron chi connectivity index (χ4n) is 2.85. The second-order valence-corrected chi connectivity index (χ2v) is 9.24. The number of anilines is 1. The van der Waals surface area contributed by atoms with Gasteiger partial charge >= 0.3 is 11.9 Å². The Morgan fingerprint density at radius 3 is 2.34 bits per heavy atom. The Labute approximate surface area is 202 Å². The highest BCUT2D eigenvalue weighted by Crippen LogP contribution is 2.17. The Hall–Kier alpha value is -3.87. The lowest BCUT2D eigenvalue weighted by Crippen LogP contribution is -2.44. The average Bonchev–Trinajstić information content (AvgIpc) is 2.87. The zero-order valence-electron chi connectivity index (χ0n) is 18.9. The maximum absolute atomic E-state index is 12.6. The number of aromatic nitrogens is 2. The van der Waals surface area contributed by atoms with Crippen LogP contribution in [0.3, 0.4) is 0 Å². The van der Waals surface area contributed by atoms with E-state index in [0.717, 1.165) is 4.31 Å².